The Balaban J connectivity index is 2.53. The van der Waals surface area contributed by atoms with Crippen LogP contribution in [0, 0.1) is 0 Å². The highest BCUT2D eigenvalue weighted by Gasteiger charge is 1.81. The molecule has 0 atom stereocenters. The summed E-state index contributed by atoms with van der Waals surface area (Å²) in [6.45, 7) is 3.01. The summed E-state index contributed by atoms with van der Waals surface area (Å²) >= 11 is 0. The van der Waals surface area contributed by atoms with Crippen molar-refractivity contribution in [3.05, 3.63) is 0 Å². The molecule has 0 unspecified atom stereocenters. The number of rotatable bonds is 5. The summed E-state index contributed by atoms with van der Waals surface area (Å²) in [5, 5.41) is 3.09. The first kappa shape index (κ1) is 7.88. The van der Waals surface area contributed by atoms with E-state index in [4.69, 9.17) is 11.5 Å². The average Bonchev–Trinajstić information content (AvgIpc) is 1.81. The molecule has 0 rings (SSSR count). The van der Waals surface area contributed by atoms with Crippen LogP contribution in [-0.2, 0) is 0 Å². The number of hydrogen-bond acceptors (Lipinski definition) is 2. The highest BCUT2D eigenvalue weighted by Crippen LogP contribution is 1.67. The lowest BCUT2D eigenvalue weighted by atomic mass is 10.4. The number of nitrogens with two attached hydrogens (primary N) is 1. The molecule has 1 radical (unpaired) electrons. The minimum atomic E-state index is 0.511. The van der Waals surface area contributed by atoms with Crippen LogP contribution in [0.15, 0.2) is 0 Å². The second kappa shape index (κ2) is 6.88. The maximum atomic E-state index is 6.77. The Kier molecular flexibility index (Phi) is 6.78. The van der Waals surface area contributed by atoms with Gasteiger partial charge in [0, 0.05) is 19.6 Å². The zero-order valence-electron chi connectivity index (χ0n) is 5.11. The summed E-state index contributed by atoms with van der Waals surface area (Å²) in [7, 11) is 0. The number of nitrogens with one attached hydrogen (secondary N) is 2. The van der Waals surface area contributed by atoms with Crippen molar-refractivity contribution in [3.63, 3.8) is 0 Å². The van der Waals surface area contributed by atoms with Crippen molar-refractivity contribution < 1.29 is 0 Å². The van der Waals surface area contributed by atoms with E-state index >= 15 is 0 Å². The van der Waals surface area contributed by atoms with Gasteiger partial charge in [-0.15, -0.1) is 0 Å². The SMILES string of the molecule is [NH]CCCNCCN. The van der Waals surface area contributed by atoms with Crippen LogP contribution >= 0.6 is 0 Å². The normalized spacial score (nSPS) is 9.75. The van der Waals surface area contributed by atoms with Gasteiger partial charge in [-0.3, -0.25) is 5.73 Å². The van der Waals surface area contributed by atoms with Crippen LogP contribution in [0.2, 0.25) is 0 Å². The van der Waals surface area contributed by atoms with Gasteiger partial charge >= 0.3 is 0 Å². The third-order valence-corrected chi connectivity index (χ3v) is 0.851. The van der Waals surface area contributed by atoms with Gasteiger partial charge in [-0.1, -0.05) is 0 Å². The summed E-state index contributed by atoms with van der Waals surface area (Å²) in [5.74, 6) is 0. The van der Waals surface area contributed by atoms with E-state index in [1.54, 1.807) is 0 Å². The second-order valence-electron chi connectivity index (χ2n) is 1.64. The molecule has 0 spiro atoms. The van der Waals surface area contributed by atoms with Crippen LogP contribution in [0.25, 0.3) is 0 Å². The van der Waals surface area contributed by atoms with Crippen molar-refractivity contribution in [1.82, 2.24) is 11.1 Å². The topological polar surface area (TPSA) is 61.8 Å². The summed E-state index contributed by atoms with van der Waals surface area (Å²) in [5.41, 5.74) is 12.0. The van der Waals surface area contributed by atoms with Gasteiger partial charge < -0.3 is 11.1 Å². The van der Waals surface area contributed by atoms with E-state index in [9.17, 15) is 0 Å². The van der Waals surface area contributed by atoms with E-state index in [1.807, 2.05) is 0 Å². The molecule has 3 heteroatoms. The van der Waals surface area contributed by atoms with Crippen molar-refractivity contribution in [1.29, 1.82) is 0 Å². The minimum absolute atomic E-state index is 0.511. The van der Waals surface area contributed by atoms with Crippen LogP contribution in [0.5, 0.6) is 0 Å². The lowest BCUT2D eigenvalue weighted by Gasteiger charge is -1.97. The van der Waals surface area contributed by atoms with Crippen LogP contribution in [0.1, 0.15) is 6.42 Å². The van der Waals surface area contributed by atoms with Gasteiger partial charge in [0.25, 0.3) is 0 Å². The summed E-state index contributed by atoms with van der Waals surface area (Å²) < 4.78 is 0. The molecule has 0 aliphatic rings. The van der Waals surface area contributed by atoms with E-state index in [0.717, 1.165) is 19.5 Å². The van der Waals surface area contributed by atoms with Gasteiger partial charge in [-0.25, -0.2) is 0 Å². The van der Waals surface area contributed by atoms with Gasteiger partial charge in [0.1, 0.15) is 0 Å². The molecule has 0 aromatic rings. The van der Waals surface area contributed by atoms with E-state index in [0.29, 0.717) is 13.1 Å². The lowest BCUT2D eigenvalue weighted by molar-refractivity contribution is 0.655. The molecule has 8 heavy (non-hydrogen) atoms. The molecule has 0 fully saturated rings. The van der Waals surface area contributed by atoms with Gasteiger partial charge in [0.05, 0.1) is 0 Å². The van der Waals surface area contributed by atoms with Crippen molar-refractivity contribution in [2.24, 2.45) is 5.73 Å². The Bertz CT molecular complexity index is 32.7. The fourth-order valence-corrected chi connectivity index (χ4v) is 0.440. The summed E-state index contributed by atoms with van der Waals surface area (Å²) in [6.07, 6.45) is 0.931. The first-order valence-corrected chi connectivity index (χ1v) is 2.97. The van der Waals surface area contributed by atoms with Crippen molar-refractivity contribution in [3.8, 4) is 0 Å². The van der Waals surface area contributed by atoms with Crippen LogP contribution in [0.3, 0.4) is 0 Å². The van der Waals surface area contributed by atoms with Gasteiger partial charge in [0.2, 0.25) is 0 Å². The minimum Gasteiger partial charge on any atom is -0.329 e. The van der Waals surface area contributed by atoms with Crippen molar-refractivity contribution in [2.75, 3.05) is 26.2 Å². The van der Waals surface area contributed by atoms with Crippen LogP contribution < -0.4 is 16.8 Å². The smallest absolute Gasteiger partial charge is 0.0112 e. The molecular weight excluding hydrogens is 102 g/mol. The number of hydrogen-bond donors (Lipinski definition) is 2. The maximum absolute atomic E-state index is 6.77. The van der Waals surface area contributed by atoms with E-state index in [-0.39, 0.29) is 0 Å². The van der Waals surface area contributed by atoms with Gasteiger partial charge in [0.15, 0.2) is 0 Å². The second-order valence-corrected chi connectivity index (χ2v) is 1.64. The molecule has 0 aromatic carbocycles. The standard InChI is InChI=1S/C5H14N3/c6-2-1-4-8-5-3-7/h6,8H,1-5,7H2. The van der Waals surface area contributed by atoms with E-state index < -0.39 is 0 Å². The lowest BCUT2D eigenvalue weighted by Crippen LogP contribution is -2.23. The zero-order valence-corrected chi connectivity index (χ0v) is 5.11. The maximum Gasteiger partial charge on any atom is 0.0112 e. The first-order valence-electron chi connectivity index (χ1n) is 2.97. The van der Waals surface area contributed by atoms with Gasteiger partial charge in [-0.05, 0) is 13.0 Å². The van der Waals surface area contributed by atoms with Crippen molar-refractivity contribution in [2.45, 2.75) is 6.42 Å². The predicted molar refractivity (Wildman–Crippen MR) is 34.5 cm³/mol. The monoisotopic (exact) mass is 116 g/mol. The predicted octanol–water partition coefficient (Wildman–Crippen LogP) is -0.792. The first-order chi connectivity index (χ1) is 3.91. The molecule has 0 bridgehead atoms. The molecular formula is C5H14N3. The van der Waals surface area contributed by atoms with Crippen LogP contribution in [0.4, 0.5) is 0 Å². The van der Waals surface area contributed by atoms with Crippen LogP contribution in [-0.4, -0.2) is 26.2 Å². The molecule has 0 aliphatic heterocycles. The molecule has 0 heterocycles. The van der Waals surface area contributed by atoms with E-state index in [2.05, 4.69) is 5.32 Å². The Morgan fingerprint density at radius 1 is 1.38 bits per heavy atom. The fourth-order valence-electron chi connectivity index (χ4n) is 0.440. The Hall–Kier alpha value is -0.120. The molecule has 49 valence electrons. The molecule has 0 aromatic heterocycles. The largest absolute Gasteiger partial charge is 0.329 e. The molecule has 0 amide bonds. The highest BCUT2D eigenvalue weighted by atomic mass is 14.9. The Morgan fingerprint density at radius 3 is 2.62 bits per heavy atom. The molecule has 0 saturated carbocycles. The highest BCUT2D eigenvalue weighted by molar-refractivity contribution is 4.46. The Labute approximate surface area is 50.4 Å². The third kappa shape index (κ3) is 5.88. The zero-order chi connectivity index (χ0) is 6.24. The van der Waals surface area contributed by atoms with Crippen molar-refractivity contribution >= 4 is 0 Å². The molecule has 3 nitrogen and oxygen atoms in total. The summed E-state index contributed by atoms with van der Waals surface area (Å²) in [4.78, 5) is 0. The summed E-state index contributed by atoms with van der Waals surface area (Å²) in [6, 6.07) is 0. The third-order valence-electron chi connectivity index (χ3n) is 0.851. The quantitative estimate of drug-likeness (QED) is 0.462. The average molecular weight is 116 g/mol. The molecule has 0 aliphatic carbocycles. The molecule has 0 saturated heterocycles. The molecule has 4 N–H and O–H groups in total. The fraction of sp³-hybridized carbons (Fsp3) is 1.00. The Morgan fingerprint density at radius 2 is 2.12 bits per heavy atom. The van der Waals surface area contributed by atoms with E-state index in [1.165, 1.54) is 0 Å². The van der Waals surface area contributed by atoms with Gasteiger partial charge in [-0.2, -0.15) is 0 Å².